The van der Waals surface area contributed by atoms with Crippen LogP contribution in [-0.2, 0) is 9.53 Å². The van der Waals surface area contributed by atoms with Gasteiger partial charge in [0, 0.05) is 43.3 Å². The average molecular weight is 278 g/mol. The number of nitrogens with one attached hydrogen (secondary N) is 1. The molecule has 0 aliphatic carbocycles. The van der Waals surface area contributed by atoms with E-state index in [0.717, 1.165) is 6.08 Å². The second-order valence-electron chi connectivity index (χ2n) is 4.78. The minimum atomic E-state index is -1.08. The van der Waals surface area contributed by atoms with E-state index in [9.17, 15) is 9.59 Å². The summed E-state index contributed by atoms with van der Waals surface area (Å²) in [6.07, 6.45) is 5.23. The third-order valence-electron chi connectivity index (χ3n) is 2.73. The Kier molecular flexibility index (Phi) is 5.40. The van der Waals surface area contributed by atoms with E-state index in [0.29, 0.717) is 17.7 Å². The second kappa shape index (κ2) is 6.81. The number of hydrogen-bond donors (Lipinski definition) is 2. The van der Waals surface area contributed by atoms with E-state index in [2.05, 4.69) is 10.3 Å². The number of carbonyl (C=O) groups is 2. The molecule has 1 aromatic rings. The van der Waals surface area contributed by atoms with Crippen LogP contribution in [0, 0.1) is 0 Å². The highest BCUT2D eigenvalue weighted by Gasteiger charge is 2.18. The molecule has 108 valence electrons. The highest BCUT2D eigenvalue weighted by molar-refractivity contribution is 5.98. The van der Waals surface area contributed by atoms with E-state index >= 15 is 0 Å². The van der Waals surface area contributed by atoms with Gasteiger partial charge in [0.15, 0.2) is 0 Å². The van der Waals surface area contributed by atoms with Crippen LogP contribution in [-0.4, -0.2) is 41.2 Å². The van der Waals surface area contributed by atoms with E-state index in [1.54, 1.807) is 7.11 Å². The Morgan fingerprint density at radius 1 is 1.50 bits per heavy atom. The predicted molar refractivity (Wildman–Crippen MR) is 74.3 cm³/mol. The summed E-state index contributed by atoms with van der Waals surface area (Å²) in [4.78, 5) is 26.5. The normalized spacial score (nSPS) is 11.6. The number of carboxylic acids is 1. The lowest BCUT2D eigenvalue weighted by Gasteiger charge is -2.23. The molecule has 0 aromatic carbocycles. The van der Waals surface area contributed by atoms with Gasteiger partial charge in [0.25, 0.3) is 5.91 Å². The molecular weight excluding hydrogens is 260 g/mol. The number of aromatic nitrogens is 1. The summed E-state index contributed by atoms with van der Waals surface area (Å²) in [5.41, 5.74) is 0.340. The number of ether oxygens (including phenoxy) is 1. The number of rotatable bonds is 6. The predicted octanol–water partition coefficient (Wildman–Crippen LogP) is 1.33. The Morgan fingerprint density at radius 3 is 2.80 bits per heavy atom. The molecule has 1 amide bonds. The third-order valence-corrected chi connectivity index (χ3v) is 2.73. The number of amides is 1. The summed E-state index contributed by atoms with van der Waals surface area (Å²) in [6, 6.07) is 1.54. The number of pyridine rings is 1. The van der Waals surface area contributed by atoms with E-state index in [-0.39, 0.29) is 5.91 Å². The Labute approximate surface area is 117 Å². The minimum absolute atomic E-state index is 0.303. The maximum absolute atomic E-state index is 12.1. The van der Waals surface area contributed by atoms with Crippen LogP contribution in [0.5, 0.6) is 0 Å². The van der Waals surface area contributed by atoms with Gasteiger partial charge >= 0.3 is 5.97 Å². The molecule has 0 atom stereocenters. The smallest absolute Gasteiger partial charge is 0.328 e. The summed E-state index contributed by atoms with van der Waals surface area (Å²) < 4.78 is 5.21. The maximum Gasteiger partial charge on any atom is 0.328 e. The first kappa shape index (κ1) is 15.8. The van der Waals surface area contributed by atoms with Gasteiger partial charge in [-0.25, -0.2) is 4.79 Å². The molecule has 0 aliphatic rings. The fraction of sp³-hybridized carbons (Fsp3) is 0.357. The van der Waals surface area contributed by atoms with Gasteiger partial charge in [-0.05, 0) is 26.0 Å². The molecule has 0 bridgehead atoms. The molecule has 1 heterocycles. The van der Waals surface area contributed by atoms with Crippen molar-refractivity contribution in [2.24, 2.45) is 0 Å². The number of nitrogens with zero attached hydrogens (tertiary/aromatic N) is 1. The molecular formula is C14H18N2O4. The van der Waals surface area contributed by atoms with Gasteiger partial charge in [-0.3, -0.25) is 9.78 Å². The van der Waals surface area contributed by atoms with Gasteiger partial charge < -0.3 is 15.2 Å². The molecule has 0 saturated heterocycles. The Hall–Kier alpha value is -2.21. The van der Waals surface area contributed by atoms with Crippen LogP contribution in [0.25, 0.3) is 6.08 Å². The van der Waals surface area contributed by atoms with Crippen molar-refractivity contribution < 1.29 is 19.4 Å². The van der Waals surface area contributed by atoms with Gasteiger partial charge in [0.2, 0.25) is 0 Å². The topological polar surface area (TPSA) is 88.5 Å². The molecule has 0 saturated carbocycles. The van der Waals surface area contributed by atoms with Crippen molar-refractivity contribution in [3.8, 4) is 0 Å². The average Bonchev–Trinajstić information content (AvgIpc) is 2.43. The molecule has 0 fully saturated rings. The standard InChI is InChI=1S/C14H18N2O4/c1-14(2,20-3)9-16-13(19)11-6-7-15-8-10(11)4-5-12(17)18/h4-8H,9H2,1-3H3,(H,16,19)(H,17,18)/b5-4+. The molecule has 2 N–H and O–H groups in total. The minimum Gasteiger partial charge on any atom is -0.478 e. The van der Waals surface area contributed by atoms with Crippen molar-refractivity contribution >= 4 is 18.0 Å². The van der Waals surface area contributed by atoms with Crippen LogP contribution in [0.1, 0.15) is 29.8 Å². The van der Waals surface area contributed by atoms with Crippen molar-refractivity contribution in [2.75, 3.05) is 13.7 Å². The van der Waals surface area contributed by atoms with Crippen molar-refractivity contribution in [3.05, 3.63) is 35.7 Å². The summed E-state index contributed by atoms with van der Waals surface area (Å²) in [7, 11) is 1.57. The van der Waals surface area contributed by atoms with Crippen LogP contribution in [0.4, 0.5) is 0 Å². The second-order valence-corrected chi connectivity index (χ2v) is 4.78. The maximum atomic E-state index is 12.1. The van der Waals surface area contributed by atoms with Gasteiger partial charge in [0.1, 0.15) is 0 Å². The van der Waals surface area contributed by atoms with E-state index in [1.807, 2.05) is 13.8 Å². The molecule has 0 unspecified atom stereocenters. The first-order valence-electron chi connectivity index (χ1n) is 6.04. The van der Waals surface area contributed by atoms with Crippen molar-refractivity contribution in [1.82, 2.24) is 10.3 Å². The van der Waals surface area contributed by atoms with Crippen LogP contribution in [0.3, 0.4) is 0 Å². The molecule has 20 heavy (non-hydrogen) atoms. The molecule has 6 nitrogen and oxygen atoms in total. The fourth-order valence-corrected chi connectivity index (χ4v) is 1.37. The lowest BCUT2D eigenvalue weighted by molar-refractivity contribution is -0.131. The van der Waals surface area contributed by atoms with E-state index < -0.39 is 11.6 Å². The number of aliphatic carboxylic acids is 1. The molecule has 6 heteroatoms. The number of carbonyl (C=O) groups excluding carboxylic acids is 1. The summed E-state index contributed by atoms with van der Waals surface area (Å²) >= 11 is 0. The van der Waals surface area contributed by atoms with E-state index in [1.165, 1.54) is 24.5 Å². The number of methoxy groups -OCH3 is 1. The van der Waals surface area contributed by atoms with E-state index in [4.69, 9.17) is 9.84 Å². The van der Waals surface area contributed by atoms with Crippen LogP contribution in [0.2, 0.25) is 0 Å². The Balaban J connectivity index is 2.85. The summed E-state index contributed by atoms with van der Waals surface area (Å²) in [6.45, 7) is 4.04. The number of hydrogen-bond acceptors (Lipinski definition) is 4. The zero-order chi connectivity index (χ0) is 15.2. The van der Waals surface area contributed by atoms with Gasteiger partial charge in [-0.2, -0.15) is 0 Å². The molecule has 0 spiro atoms. The SMILES string of the molecule is COC(C)(C)CNC(=O)c1ccncc1/C=C/C(=O)O. The highest BCUT2D eigenvalue weighted by atomic mass is 16.5. The Bertz CT molecular complexity index is 524. The quantitative estimate of drug-likeness (QED) is 0.766. The molecule has 0 aliphatic heterocycles. The first-order chi connectivity index (χ1) is 9.35. The Morgan fingerprint density at radius 2 is 2.20 bits per heavy atom. The lowest BCUT2D eigenvalue weighted by Crippen LogP contribution is -2.39. The van der Waals surface area contributed by atoms with Gasteiger partial charge in [-0.15, -0.1) is 0 Å². The highest BCUT2D eigenvalue weighted by Crippen LogP contribution is 2.10. The zero-order valence-electron chi connectivity index (χ0n) is 11.7. The molecule has 0 radical (unpaired) electrons. The third kappa shape index (κ3) is 4.81. The first-order valence-corrected chi connectivity index (χ1v) is 6.04. The largest absolute Gasteiger partial charge is 0.478 e. The fourth-order valence-electron chi connectivity index (χ4n) is 1.37. The van der Waals surface area contributed by atoms with Crippen LogP contribution >= 0.6 is 0 Å². The van der Waals surface area contributed by atoms with Crippen molar-refractivity contribution in [1.29, 1.82) is 0 Å². The van der Waals surface area contributed by atoms with Gasteiger partial charge in [-0.1, -0.05) is 0 Å². The zero-order valence-corrected chi connectivity index (χ0v) is 11.7. The molecule has 1 rings (SSSR count). The molecule has 1 aromatic heterocycles. The summed E-state index contributed by atoms with van der Waals surface area (Å²) in [5, 5.41) is 11.4. The van der Waals surface area contributed by atoms with Crippen LogP contribution in [0.15, 0.2) is 24.5 Å². The monoisotopic (exact) mass is 278 g/mol. The van der Waals surface area contributed by atoms with Crippen molar-refractivity contribution in [2.45, 2.75) is 19.4 Å². The van der Waals surface area contributed by atoms with Crippen LogP contribution < -0.4 is 5.32 Å². The summed E-state index contributed by atoms with van der Waals surface area (Å²) in [5.74, 6) is -1.39. The van der Waals surface area contributed by atoms with Crippen molar-refractivity contribution in [3.63, 3.8) is 0 Å². The lowest BCUT2D eigenvalue weighted by atomic mass is 10.1. The number of carboxylic acid groups (broad SMARTS) is 1. The van der Waals surface area contributed by atoms with Gasteiger partial charge in [0.05, 0.1) is 5.60 Å².